The van der Waals surface area contributed by atoms with Crippen LogP contribution in [0.4, 0.5) is 0 Å². The number of carboxylic acid groups (broad SMARTS) is 1. The Morgan fingerprint density at radius 3 is 2.03 bits per heavy atom. The highest BCUT2D eigenvalue weighted by Gasteiger charge is 2.32. The minimum atomic E-state index is -3.90. The van der Waals surface area contributed by atoms with E-state index >= 15 is 0 Å². The Labute approximate surface area is 177 Å². The smallest absolute Gasteiger partial charge is 0.354 e. The van der Waals surface area contributed by atoms with Crippen molar-refractivity contribution in [2.75, 3.05) is 0 Å². The van der Waals surface area contributed by atoms with Gasteiger partial charge in [0.15, 0.2) is 5.69 Å². The van der Waals surface area contributed by atoms with Gasteiger partial charge in [0, 0.05) is 0 Å². The van der Waals surface area contributed by atoms with Crippen LogP contribution in [0.5, 0.6) is 0 Å². The third kappa shape index (κ3) is 4.03. The zero-order valence-corrected chi connectivity index (χ0v) is 18.2. The van der Waals surface area contributed by atoms with Gasteiger partial charge in [0.2, 0.25) is 15.0 Å². The van der Waals surface area contributed by atoms with Gasteiger partial charge >= 0.3 is 5.97 Å². The van der Waals surface area contributed by atoms with E-state index < -0.39 is 15.8 Å². The SMILES string of the molecule is CCc1cccc(CC)c1-n1c(S(=O)(=O)Cc2ccccc2)nc(CC)c1C(=O)O. The summed E-state index contributed by atoms with van der Waals surface area (Å²) in [5, 5.41) is 9.77. The third-order valence-corrected chi connectivity index (χ3v) is 6.67. The highest BCUT2D eigenvalue weighted by molar-refractivity contribution is 7.90. The first-order chi connectivity index (χ1) is 14.3. The van der Waals surface area contributed by atoms with E-state index in [-0.39, 0.29) is 22.3 Å². The van der Waals surface area contributed by atoms with E-state index in [9.17, 15) is 18.3 Å². The number of benzene rings is 2. The summed E-state index contributed by atoms with van der Waals surface area (Å²) in [7, 11) is -3.90. The Bertz CT molecular complexity index is 1140. The lowest BCUT2D eigenvalue weighted by atomic mass is 10.0. The first-order valence-electron chi connectivity index (χ1n) is 10.1. The van der Waals surface area contributed by atoms with Crippen molar-refractivity contribution in [3.8, 4) is 5.69 Å². The molecule has 0 saturated carbocycles. The van der Waals surface area contributed by atoms with Crippen LogP contribution in [0.3, 0.4) is 0 Å². The Morgan fingerprint density at radius 2 is 1.53 bits per heavy atom. The molecule has 2 aromatic carbocycles. The zero-order valence-electron chi connectivity index (χ0n) is 17.4. The summed E-state index contributed by atoms with van der Waals surface area (Å²) >= 11 is 0. The normalized spacial score (nSPS) is 11.6. The van der Waals surface area contributed by atoms with Gasteiger partial charge in [-0.15, -0.1) is 0 Å². The zero-order chi connectivity index (χ0) is 21.9. The minimum Gasteiger partial charge on any atom is -0.477 e. The van der Waals surface area contributed by atoms with Gasteiger partial charge in [0.1, 0.15) is 0 Å². The number of aryl methyl sites for hydroxylation is 3. The van der Waals surface area contributed by atoms with Crippen LogP contribution >= 0.6 is 0 Å². The number of nitrogens with zero attached hydrogens (tertiary/aromatic N) is 2. The molecule has 0 fully saturated rings. The third-order valence-electron chi connectivity index (χ3n) is 5.12. The van der Waals surface area contributed by atoms with Gasteiger partial charge in [-0.05, 0) is 36.0 Å². The second-order valence-corrected chi connectivity index (χ2v) is 8.94. The van der Waals surface area contributed by atoms with Gasteiger partial charge in [-0.3, -0.25) is 4.57 Å². The summed E-state index contributed by atoms with van der Waals surface area (Å²) in [6, 6.07) is 14.6. The number of hydrogen-bond acceptors (Lipinski definition) is 4. The molecule has 0 aliphatic carbocycles. The van der Waals surface area contributed by atoms with Gasteiger partial charge in [0.05, 0.1) is 17.1 Å². The fourth-order valence-electron chi connectivity index (χ4n) is 3.69. The number of carbonyl (C=O) groups is 1. The van der Waals surface area contributed by atoms with Crippen LogP contribution in [-0.2, 0) is 34.9 Å². The van der Waals surface area contributed by atoms with Crippen LogP contribution in [0.2, 0.25) is 0 Å². The molecular formula is C23H26N2O4S. The summed E-state index contributed by atoms with van der Waals surface area (Å²) < 4.78 is 28.2. The number of para-hydroxylation sites is 1. The van der Waals surface area contributed by atoms with E-state index in [1.165, 1.54) is 4.57 Å². The number of imidazole rings is 1. The number of carboxylic acids is 1. The van der Waals surface area contributed by atoms with Crippen molar-refractivity contribution in [2.24, 2.45) is 0 Å². The quantitative estimate of drug-likeness (QED) is 0.582. The summed E-state index contributed by atoms with van der Waals surface area (Å²) in [6.07, 6.45) is 1.60. The van der Waals surface area contributed by atoms with E-state index in [1.807, 2.05) is 38.1 Å². The molecule has 30 heavy (non-hydrogen) atoms. The Balaban J connectivity index is 2.36. The second-order valence-electron chi connectivity index (χ2n) is 7.06. The van der Waals surface area contributed by atoms with E-state index in [0.717, 1.165) is 11.1 Å². The largest absolute Gasteiger partial charge is 0.477 e. The van der Waals surface area contributed by atoms with Gasteiger partial charge in [-0.2, -0.15) is 0 Å². The topological polar surface area (TPSA) is 89.3 Å². The highest BCUT2D eigenvalue weighted by Crippen LogP contribution is 2.30. The Hall–Kier alpha value is -2.93. The molecule has 0 bridgehead atoms. The number of sulfone groups is 1. The molecule has 1 N–H and O–H groups in total. The molecule has 0 atom stereocenters. The molecule has 3 aromatic rings. The molecular weight excluding hydrogens is 400 g/mol. The van der Waals surface area contributed by atoms with Crippen LogP contribution in [0, 0.1) is 0 Å². The van der Waals surface area contributed by atoms with Gasteiger partial charge < -0.3 is 5.11 Å². The number of hydrogen-bond donors (Lipinski definition) is 1. The maximum absolute atomic E-state index is 13.4. The van der Waals surface area contributed by atoms with E-state index in [2.05, 4.69) is 4.98 Å². The van der Waals surface area contributed by atoms with Gasteiger partial charge in [-0.1, -0.05) is 69.3 Å². The van der Waals surface area contributed by atoms with Crippen molar-refractivity contribution in [3.63, 3.8) is 0 Å². The van der Waals surface area contributed by atoms with Crippen LogP contribution in [0.1, 0.15) is 53.6 Å². The standard InChI is InChI=1S/C23H26N2O4S/c1-4-17-13-10-14-18(5-2)20(17)25-21(22(26)27)19(6-3)24-23(25)30(28,29)15-16-11-8-7-9-12-16/h7-14H,4-6,15H2,1-3H3,(H,26,27). The average molecular weight is 427 g/mol. The number of aromatic nitrogens is 2. The predicted octanol–water partition coefficient (Wildman–Crippen LogP) is 4.23. The van der Waals surface area contributed by atoms with Crippen molar-refractivity contribution in [1.29, 1.82) is 0 Å². The molecule has 7 heteroatoms. The first kappa shape index (κ1) is 21.8. The molecule has 1 heterocycles. The molecule has 0 radical (unpaired) electrons. The van der Waals surface area contributed by atoms with Crippen molar-refractivity contribution in [3.05, 3.63) is 76.6 Å². The maximum Gasteiger partial charge on any atom is 0.354 e. The lowest BCUT2D eigenvalue weighted by molar-refractivity contribution is 0.0686. The highest BCUT2D eigenvalue weighted by atomic mass is 32.2. The van der Waals surface area contributed by atoms with Crippen LogP contribution < -0.4 is 0 Å². The monoisotopic (exact) mass is 426 g/mol. The number of aromatic carboxylic acids is 1. The fourth-order valence-corrected chi connectivity index (χ4v) is 5.16. The summed E-state index contributed by atoms with van der Waals surface area (Å²) in [5.74, 6) is -1.43. The Kier molecular flexibility index (Phi) is 6.41. The molecule has 0 saturated heterocycles. The van der Waals surface area contributed by atoms with E-state index in [0.29, 0.717) is 30.5 Å². The van der Waals surface area contributed by atoms with Crippen LogP contribution in [-0.4, -0.2) is 29.0 Å². The lowest BCUT2D eigenvalue weighted by Gasteiger charge is -2.18. The molecule has 0 spiro atoms. The number of rotatable bonds is 8. The molecule has 0 aliphatic rings. The van der Waals surface area contributed by atoms with E-state index in [4.69, 9.17) is 0 Å². The Morgan fingerprint density at radius 1 is 0.933 bits per heavy atom. The molecule has 0 aliphatic heterocycles. The second kappa shape index (κ2) is 8.83. The van der Waals surface area contributed by atoms with Crippen molar-refractivity contribution in [1.82, 2.24) is 9.55 Å². The van der Waals surface area contributed by atoms with Crippen molar-refractivity contribution in [2.45, 2.75) is 50.9 Å². The molecule has 3 rings (SSSR count). The van der Waals surface area contributed by atoms with Gasteiger partial charge in [-0.25, -0.2) is 18.2 Å². The summed E-state index contributed by atoms with van der Waals surface area (Å²) in [5.41, 5.74) is 3.18. The lowest BCUT2D eigenvalue weighted by Crippen LogP contribution is -2.18. The predicted molar refractivity (Wildman–Crippen MR) is 116 cm³/mol. The average Bonchev–Trinajstić information content (AvgIpc) is 3.14. The van der Waals surface area contributed by atoms with Gasteiger partial charge in [0.25, 0.3) is 0 Å². The molecule has 1 aromatic heterocycles. The molecule has 0 amide bonds. The van der Waals surface area contributed by atoms with Crippen LogP contribution in [0.25, 0.3) is 5.69 Å². The minimum absolute atomic E-state index is 0.0836. The maximum atomic E-state index is 13.4. The fraction of sp³-hybridized carbons (Fsp3) is 0.304. The summed E-state index contributed by atoms with van der Waals surface area (Å²) in [4.78, 5) is 16.6. The summed E-state index contributed by atoms with van der Waals surface area (Å²) in [6.45, 7) is 5.71. The molecule has 6 nitrogen and oxygen atoms in total. The van der Waals surface area contributed by atoms with E-state index in [1.54, 1.807) is 31.2 Å². The van der Waals surface area contributed by atoms with Crippen molar-refractivity contribution < 1.29 is 18.3 Å². The first-order valence-corrected chi connectivity index (χ1v) is 11.7. The molecule has 0 unspecified atom stereocenters. The van der Waals surface area contributed by atoms with Crippen molar-refractivity contribution >= 4 is 15.8 Å². The molecule has 158 valence electrons. The van der Waals surface area contributed by atoms with Crippen LogP contribution in [0.15, 0.2) is 53.7 Å².